The number of halogens is 3. The molecular weight excluding hydrogens is 858 g/mol. The predicted molar refractivity (Wildman–Crippen MR) is 236 cm³/mol. The SMILES string of the molecule is O=C1CCC(N2C(=O)c3cccc(NCCC4CC5(CCN(CC6CCC(c7nc8cc(N9CCOCC9)c(NC(=O)c9cccc(C(F)(F)F)n9)cc8o7)CC6)CC5)C4)c3C2=O)C(=O)N1. The number of likely N-dealkylation sites (tertiary alicyclic amines) is 1. The highest BCUT2D eigenvalue weighted by molar-refractivity contribution is 6.25. The van der Waals surface area contributed by atoms with Gasteiger partial charge in [-0.3, -0.25) is 34.2 Å². The van der Waals surface area contributed by atoms with Crippen molar-refractivity contribution in [2.45, 2.75) is 88.8 Å². The zero-order chi connectivity index (χ0) is 45.7. The number of amides is 5. The number of anilines is 3. The number of imide groups is 2. The molecule has 348 valence electrons. The minimum atomic E-state index is -4.68. The molecule has 1 atom stereocenters. The number of oxazole rings is 1. The number of morpholine rings is 1. The fourth-order valence-electron chi connectivity index (χ4n) is 11.2. The third-order valence-corrected chi connectivity index (χ3v) is 14.8. The summed E-state index contributed by atoms with van der Waals surface area (Å²) < 4.78 is 52.0. The number of hydrogen-bond donors (Lipinski definition) is 3. The molecule has 0 bridgehead atoms. The van der Waals surface area contributed by atoms with E-state index in [-0.39, 0.29) is 30.0 Å². The summed E-state index contributed by atoms with van der Waals surface area (Å²) in [6, 6.07) is 11.0. The van der Waals surface area contributed by atoms with Crippen LogP contribution in [-0.4, -0.2) is 108 Å². The van der Waals surface area contributed by atoms with Gasteiger partial charge < -0.3 is 29.6 Å². The lowest BCUT2D eigenvalue weighted by molar-refractivity contribution is -0.141. The molecule has 6 heterocycles. The fourth-order valence-corrected chi connectivity index (χ4v) is 11.2. The maximum atomic E-state index is 13.5. The van der Waals surface area contributed by atoms with E-state index in [9.17, 15) is 37.1 Å². The minimum absolute atomic E-state index is 0.0798. The van der Waals surface area contributed by atoms with Gasteiger partial charge in [-0.25, -0.2) is 9.97 Å². The topological polar surface area (TPSA) is 179 Å². The molecule has 6 aliphatic rings. The van der Waals surface area contributed by atoms with Gasteiger partial charge in [-0.2, -0.15) is 13.2 Å². The maximum Gasteiger partial charge on any atom is 0.433 e. The van der Waals surface area contributed by atoms with Gasteiger partial charge in [-0.15, -0.1) is 0 Å². The van der Waals surface area contributed by atoms with Gasteiger partial charge in [0.25, 0.3) is 17.7 Å². The monoisotopic (exact) mass is 910 g/mol. The van der Waals surface area contributed by atoms with Crippen LogP contribution in [0, 0.1) is 17.3 Å². The predicted octanol–water partition coefficient (Wildman–Crippen LogP) is 7.00. The molecule has 10 rings (SSSR count). The van der Waals surface area contributed by atoms with Gasteiger partial charge in [0.1, 0.15) is 22.9 Å². The molecule has 5 amide bonds. The summed E-state index contributed by atoms with van der Waals surface area (Å²) in [5.41, 5.74) is 2.35. The lowest BCUT2D eigenvalue weighted by Crippen LogP contribution is -2.54. The van der Waals surface area contributed by atoms with E-state index in [0.717, 1.165) is 62.7 Å². The molecule has 5 fully saturated rings. The zero-order valence-electron chi connectivity index (χ0n) is 36.6. The van der Waals surface area contributed by atoms with Crippen molar-refractivity contribution in [3.63, 3.8) is 0 Å². The number of nitrogens with one attached hydrogen (secondary N) is 3. The van der Waals surface area contributed by atoms with Crippen molar-refractivity contribution in [3.05, 3.63) is 76.9 Å². The molecule has 4 aromatic rings. The molecule has 2 saturated carbocycles. The van der Waals surface area contributed by atoms with Crippen molar-refractivity contribution >= 4 is 57.7 Å². The zero-order valence-corrected chi connectivity index (χ0v) is 36.6. The number of pyridine rings is 1. The van der Waals surface area contributed by atoms with Crippen LogP contribution in [0.2, 0.25) is 0 Å². The fraction of sp³-hybridized carbons (Fsp3) is 0.521. The molecule has 4 aliphatic heterocycles. The number of rotatable bonds is 11. The molecule has 18 heteroatoms. The Balaban J connectivity index is 0.690. The van der Waals surface area contributed by atoms with Gasteiger partial charge in [-0.05, 0) is 125 Å². The number of hydrogen-bond acceptors (Lipinski definition) is 12. The number of nitrogens with zero attached hydrogens (tertiary/aromatic N) is 5. The second kappa shape index (κ2) is 17.7. The quantitative estimate of drug-likeness (QED) is 0.132. The molecule has 66 heavy (non-hydrogen) atoms. The summed E-state index contributed by atoms with van der Waals surface area (Å²) in [4.78, 5) is 78.3. The summed E-state index contributed by atoms with van der Waals surface area (Å²) in [6.45, 7) is 6.10. The van der Waals surface area contributed by atoms with E-state index >= 15 is 0 Å². The molecule has 1 unspecified atom stereocenters. The smallest absolute Gasteiger partial charge is 0.433 e. The van der Waals surface area contributed by atoms with E-state index in [1.54, 1.807) is 24.3 Å². The van der Waals surface area contributed by atoms with Crippen LogP contribution in [0.3, 0.4) is 0 Å². The van der Waals surface area contributed by atoms with Gasteiger partial charge in [-0.1, -0.05) is 12.1 Å². The van der Waals surface area contributed by atoms with Crippen LogP contribution in [0.4, 0.5) is 30.2 Å². The lowest BCUT2D eigenvalue weighted by atomic mass is 9.57. The summed E-state index contributed by atoms with van der Waals surface area (Å²) in [6.07, 6.45) is 5.33. The number of aromatic nitrogens is 2. The van der Waals surface area contributed by atoms with E-state index in [0.29, 0.717) is 89.7 Å². The van der Waals surface area contributed by atoms with Crippen molar-refractivity contribution in [1.29, 1.82) is 0 Å². The Kier molecular flexibility index (Phi) is 11.8. The van der Waals surface area contributed by atoms with Gasteiger partial charge in [0, 0.05) is 50.3 Å². The molecular formula is C48H53F3N8O7. The molecule has 3 saturated heterocycles. The molecule has 2 aromatic heterocycles. The summed E-state index contributed by atoms with van der Waals surface area (Å²) in [7, 11) is 0. The van der Waals surface area contributed by atoms with Crippen LogP contribution >= 0.6 is 0 Å². The van der Waals surface area contributed by atoms with E-state index in [1.165, 1.54) is 37.8 Å². The second-order valence-corrected chi connectivity index (χ2v) is 19.0. The largest absolute Gasteiger partial charge is 0.440 e. The summed E-state index contributed by atoms with van der Waals surface area (Å²) in [5.74, 6) is -0.755. The third-order valence-electron chi connectivity index (χ3n) is 14.8. The van der Waals surface area contributed by atoms with Crippen LogP contribution in [0.25, 0.3) is 11.1 Å². The number of carbonyl (C=O) groups excluding carboxylic acids is 5. The first-order chi connectivity index (χ1) is 31.8. The Morgan fingerprint density at radius 1 is 0.864 bits per heavy atom. The molecule has 15 nitrogen and oxygen atoms in total. The van der Waals surface area contributed by atoms with Gasteiger partial charge in [0.05, 0.1) is 35.7 Å². The Bertz CT molecular complexity index is 2550. The number of ether oxygens (including phenoxy) is 1. The lowest BCUT2D eigenvalue weighted by Gasteiger charge is -2.53. The Hall–Kier alpha value is -5.88. The molecule has 2 aromatic carbocycles. The Labute approximate surface area is 379 Å². The van der Waals surface area contributed by atoms with E-state index in [4.69, 9.17) is 14.1 Å². The highest BCUT2D eigenvalue weighted by atomic mass is 19.4. The number of benzene rings is 2. The molecule has 0 radical (unpaired) electrons. The molecule has 2 aliphatic carbocycles. The Morgan fingerprint density at radius 3 is 2.36 bits per heavy atom. The maximum absolute atomic E-state index is 13.5. The van der Waals surface area contributed by atoms with Gasteiger partial charge in [0.2, 0.25) is 11.8 Å². The van der Waals surface area contributed by atoms with E-state index in [2.05, 4.69) is 30.7 Å². The van der Waals surface area contributed by atoms with Crippen LogP contribution < -0.4 is 20.9 Å². The van der Waals surface area contributed by atoms with Crippen LogP contribution in [0.15, 0.2) is 52.9 Å². The summed E-state index contributed by atoms with van der Waals surface area (Å²) in [5, 5.41) is 8.46. The number of piperidine rings is 2. The van der Waals surface area contributed by atoms with Crippen LogP contribution in [0.1, 0.15) is 119 Å². The summed E-state index contributed by atoms with van der Waals surface area (Å²) >= 11 is 0. The van der Waals surface area contributed by atoms with Crippen molar-refractivity contribution in [2.75, 3.05) is 68.0 Å². The normalized spacial score (nSPS) is 23.8. The number of fused-ring (bicyclic) bond motifs is 2. The highest BCUT2D eigenvalue weighted by Gasteiger charge is 2.47. The first kappa shape index (κ1) is 44.0. The standard InChI is InChI=1S/C48H53F3N8O7/c49-48(50,51)39-6-2-5-33(53-39)42(61)54-34-24-38-35(23-37(34)58-19-21-65-22-20-58)55-44(66-38)30-9-7-28(8-10-30)27-57-17-14-47(15-18-57)25-29(26-47)13-16-52-32-4-1-3-31-41(32)46(64)59(45(31)63)36-11-12-40(60)56-43(36)62/h1-6,23-24,28-30,36,52H,7-22,25-27H2,(H,54,61)(H,56,60,62). The molecule has 1 spiro atoms. The number of alkyl halides is 3. The van der Waals surface area contributed by atoms with E-state index < -0.39 is 47.4 Å². The Morgan fingerprint density at radius 2 is 1.62 bits per heavy atom. The van der Waals surface area contributed by atoms with E-state index in [1.807, 2.05) is 6.07 Å². The average Bonchev–Trinajstić information content (AvgIpc) is 3.83. The first-order valence-electron chi connectivity index (χ1n) is 23.2. The van der Waals surface area contributed by atoms with Crippen molar-refractivity contribution < 1.29 is 46.3 Å². The van der Waals surface area contributed by atoms with Crippen LogP contribution in [0.5, 0.6) is 0 Å². The highest BCUT2D eigenvalue weighted by Crippen LogP contribution is 2.54. The van der Waals surface area contributed by atoms with Crippen molar-refractivity contribution in [2.24, 2.45) is 17.3 Å². The minimum Gasteiger partial charge on any atom is -0.440 e. The second-order valence-electron chi connectivity index (χ2n) is 19.0. The van der Waals surface area contributed by atoms with Gasteiger partial charge in [0.15, 0.2) is 11.5 Å². The first-order valence-corrected chi connectivity index (χ1v) is 23.2. The molecule has 3 N–H and O–H groups in total. The number of carbonyl (C=O) groups is 5. The van der Waals surface area contributed by atoms with Gasteiger partial charge >= 0.3 is 6.18 Å². The van der Waals surface area contributed by atoms with Crippen molar-refractivity contribution in [1.82, 2.24) is 25.1 Å². The van der Waals surface area contributed by atoms with Crippen LogP contribution in [-0.2, 0) is 20.5 Å². The average molecular weight is 911 g/mol. The van der Waals surface area contributed by atoms with Crippen molar-refractivity contribution in [3.8, 4) is 0 Å². The third kappa shape index (κ3) is 8.76.